The smallest absolute Gasteiger partial charge is 0.0684 e. The van der Waals surface area contributed by atoms with E-state index in [1.165, 1.54) is 0 Å². The van der Waals surface area contributed by atoms with Gasteiger partial charge in [-0.2, -0.15) is 5.26 Å². The van der Waals surface area contributed by atoms with Crippen LogP contribution in [-0.4, -0.2) is 24.8 Å². The van der Waals surface area contributed by atoms with Crippen molar-refractivity contribution in [2.24, 2.45) is 10.8 Å². The summed E-state index contributed by atoms with van der Waals surface area (Å²) in [6.07, 6.45) is 2.81. The highest BCUT2D eigenvalue weighted by Crippen LogP contribution is 2.24. The van der Waals surface area contributed by atoms with E-state index in [2.05, 4.69) is 25.2 Å². The maximum Gasteiger partial charge on any atom is 0.0684 e. The van der Waals surface area contributed by atoms with Crippen molar-refractivity contribution in [2.75, 3.05) is 19.7 Å². The second kappa shape index (κ2) is 6.88. The first kappa shape index (κ1) is 15.4. The number of nitrogens with one attached hydrogen (secondary N) is 1. The molecule has 3 heteroatoms. The van der Waals surface area contributed by atoms with E-state index in [1.807, 2.05) is 13.8 Å². The molecule has 0 aliphatic rings. The molecule has 0 unspecified atom stereocenters. The molecule has 0 atom stereocenters. The highest BCUT2D eigenvalue weighted by atomic mass is 16.3. The molecular formula is C13H26N2O. The zero-order valence-electron chi connectivity index (χ0n) is 11.1. The van der Waals surface area contributed by atoms with Crippen LogP contribution in [0.1, 0.15) is 47.0 Å². The lowest BCUT2D eigenvalue weighted by Gasteiger charge is -2.30. The second-order valence-electron chi connectivity index (χ2n) is 5.29. The van der Waals surface area contributed by atoms with Gasteiger partial charge in [-0.25, -0.2) is 0 Å². The van der Waals surface area contributed by atoms with E-state index < -0.39 is 0 Å². The average molecular weight is 226 g/mol. The van der Waals surface area contributed by atoms with Crippen molar-refractivity contribution < 1.29 is 5.11 Å². The molecule has 0 aromatic carbocycles. The summed E-state index contributed by atoms with van der Waals surface area (Å²) in [6, 6.07) is 2.29. The van der Waals surface area contributed by atoms with Crippen molar-refractivity contribution in [2.45, 2.75) is 47.0 Å². The van der Waals surface area contributed by atoms with E-state index >= 15 is 0 Å². The molecule has 0 aliphatic carbocycles. The third kappa shape index (κ3) is 4.96. The first-order valence-corrected chi connectivity index (χ1v) is 6.18. The minimum atomic E-state index is -0.257. The van der Waals surface area contributed by atoms with Gasteiger partial charge in [0.15, 0.2) is 0 Å². The lowest BCUT2D eigenvalue weighted by atomic mass is 9.83. The lowest BCUT2D eigenvalue weighted by Crippen LogP contribution is -2.37. The molecule has 0 aliphatic heterocycles. The SMILES string of the molecule is CCC(CC)(CO)CNCCC(C)(C)C#N. The zero-order valence-corrected chi connectivity index (χ0v) is 11.1. The van der Waals surface area contributed by atoms with Crippen LogP contribution in [0.5, 0.6) is 0 Å². The number of hydrogen-bond acceptors (Lipinski definition) is 3. The Labute approximate surface area is 99.9 Å². The van der Waals surface area contributed by atoms with Crippen LogP contribution in [0.4, 0.5) is 0 Å². The monoisotopic (exact) mass is 226 g/mol. The molecule has 0 amide bonds. The molecule has 0 aromatic rings. The summed E-state index contributed by atoms with van der Waals surface area (Å²) in [7, 11) is 0. The normalized spacial score (nSPS) is 12.5. The quantitative estimate of drug-likeness (QED) is 0.624. The Hall–Kier alpha value is -0.590. The Bertz CT molecular complexity index is 218. The van der Waals surface area contributed by atoms with Gasteiger partial charge in [-0.05, 0) is 39.7 Å². The largest absolute Gasteiger partial charge is 0.396 e. The minimum Gasteiger partial charge on any atom is -0.396 e. The second-order valence-corrected chi connectivity index (χ2v) is 5.29. The van der Waals surface area contributed by atoms with Gasteiger partial charge in [-0.1, -0.05) is 13.8 Å². The van der Waals surface area contributed by atoms with Crippen LogP contribution < -0.4 is 5.32 Å². The Kier molecular flexibility index (Phi) is 6.62. The number of nitriles is 1. The third-order valence-electron chi connectivity index (χ3n) is 3.56. The molecule has 0 rings (SSSR count). The standard InChI is InChI=1S/C13H26N2O/c1-5-13(6-2,11-16)10-15-8-7-12(3,4)9-14/h15-16H,5-8,10-11H2,1-4H3. The molecule has 0 fully saturated rings. The van der Waals surface area contributed by atoms with Crippen LogP contribution in [0, 0.1) is 22.2 Å². The number of aliphatic hydroxyl groups excluding tert-OH is 1. The van der Waals surface area contributed by atoms with Crippen molar-refractivity contribution in [3.63, 3.8) is 0 Å². The molecule has 0 bridgehead atoms. The van der Waals surface area contributed by atoms with Gasteiger partial charge in [0, 0.05) is 18.6 Å². The summed E-state index contributed by atoms with van der Waals surface area (Å²) in [5, 5.41) is 21.6. The first-order chi connectivity index (χ1) is 7.45. The van der Waals surface area contributed by atoms with Gasteiger partial charge in [0.1, 0.15) is 0 Å². The van der Waals surface area contributed by atoms with E-state index in [4.69, 9.17) is 5.26 Å². The summed E-state index contributed by atoms with van der Waals surface area (Å²) < 4.78 is 0. The van der Waals surface area contributed by atoms with Gasteiger partial charge in [0.05, 0.1) is 11.5 Å². The highest BCUT2D eigenvalue weighted by Gasteiger charge is 2.25. The maximum absolute atomic E-state index is 9.39. The lowest BCUT2D eigenvalue weighted by molar-refractivity contribution is 0.113. The van der Waals surface area contributed by atoms with Gasteiger partial charge in [-0.3, -0.25) is 0 Å². The van der Waals surface area contributed by atoms with Crippen molar-refractivity contribution in [3.8, 4) is 6.07 Å². The van der Waals surface area contributed by atoms with E-state index in [0.29, 0.717) is 0 Å². The fourth-order valence-corrected chi connectivity index (χ4v) is 1.59. The topological polar surface area (TPSA) is 56.0 Å². The maximum atomic E-state index is 9.39. The fraction of sp³-hybridized carbons (Fsp3) is 0.923. The zero-order chi connectivity index (χ0) is 12.7. The molecule has 0 saturated heterocycles. The Morgan fingerprint density at radius 2 is 1.81 bits per heavy atom. The highest BCUT2D eigenvalue weighted by molar-refractivity contribution is 4.92. The van der Waals surface area contributed by atoms with E-state index in [9.17, 15) is 5.11 Å². The van der Waals surface area contributed by atoms with Crippen LogP contribution in [0.2, 0.25) is 0 Å². The van der Waals surface area contributed by atoms with Gasteiger partial charge in [0.25, 0.3) is 0 Å². The molecule has 0 radical (unpaired) electrons. The van der Waals surface area contributed by atoms with Crippen LogP contribution in [0.3, 0.4) is 0 Å². The molecule has 16 heavy (non-hydrogen) atoms. The summed E-state index contributed by atoms with van der Waals surface area (Å²) in [5.74, 6) is 0. The van der Waals surface area contributed by atoms with Crippen molar-refractivity contribution in [3.05, 3.63) is 0 Å². The van der Waals surface area contributed by atoms with Crippen molar-refractivity contribution >= 4 is 0 Å². The van der Waals surface area contributed by atoms with E-state index in [1.54, 1.807) is 0 Å². The summed E-state index contributed by atoms with van der Waals surface area (Å²) in [6.45, 7) is 10.0. The third-order valence-corrected chi connectivity index (χ3v) is 3.56. The predicted molar refractivity (Wildman–Crippen MR) is 67.0 cm³/mol. The van der Waals surface area contributed by atoms with Crippen LogP contribution in [-0.2, 0) is 0 Å². The van der Waals surface area contributed by atoms with Crippen LogP contribution in [0.15, 0.2) is 0 Å². The Morgan fingerprint density at radius 1 is 1.25 bits per heavy atom. The van der Waals surface area contributed by atoms with Crippen molar-refractivity contribution in [1.29, 1.82) is 5.26 Å². The summed E-state index contributed by atoms with van der Waals surface area (Å²) in [5.41, 5.74) is -0.246. The summed E-state index contributed by atoms with van der Waals surface area (Å²) in [4.78, 5) is 0. The van der Waals surface area contributed by atoms with E-state index in [0.717, 1.165) is 32.4 Å². The molecule has 3 nitrogen and oxygen atoms in total. The number of nitrogens with zero attached hydrogens (tertiary/aromatic N) is 1. The molecule has 0 aromatic heterocycles. The molecular weight excluding hydrogens is 200 g/mol. The Morgan fingerprint density at radius 3 is 2.19 bits per heavy atom. The Balaban J connectivity index is 3.94. The minimum absolute atomic E-state index is 0.0107. The fourth-order valence-electron chi connectivity index (χ4n) is 1.59. The molecule has 2 N–H and O–H groups in total. The van der Waals surface area contributed by atoms with Gasteiger partial charge in [0.2, 0.25) is 0 Å². The van der Waals surface area contributed by atoms with Crippen molar-refractivity contribution in [1.82, 2.24) is 5.32 Å². The molecule has 0 saturated carbocycles. The first-order valence-electron chi connectivity index (χ1n) is 6.18. The molecule has 0 spiro atoms. The predicted octanol–water partition coefficient (Wildman–Crippen LogP) is 2.31. The molecule has 94 valence electrons. The number of aliphatic hydroxyl groups is 1. The van der Waals surface area contributed by atoms with Gasteiger partial charge >= 0.3 is 0 Å². The number of hydrogen-bond donors (Lipinski definition) is 2. The number of rotatable bonds is 8. The van der Waals surface area contributed by atoms with Crippen LogP contribution in [0.25, 0.3) is 0 Å². The van der Waals surface area contributed by atoms with Crippen LogP contribution >= 0.6 is 0 Å². The molecule has 0 heterocycles. The van der Waals surface area contributed by atoms with E-state index in [-0.39, 0.29) is 17.4 Å². The van der Waals surface area contributed by atoms with Gasteiger partial charge in [-0.15, -0.1) is 0 Å². The summed E-state index contributed by atoms with van der Waals surface area (Å²) >= 11 is 0. The van der Waals surface area contributed by atoms with Gasteiger partial charge < -0.3 is 10.4 Å². The average Bonchev–Trinajstić information content (AvgIpc) is 2.30.